The molecule has 21 heavy (non-hydrogen) atoms. The van der Waals surface area contributed by atoms with Crippen LogP contribution in [0.2, 0.25) is 0 Å². The van der Waals surface area contributed by atoms with Crippen LogP contribution in [0.25, 0.3) is 0 Å². The number of oxazole rings is 1. The number of carbonyl (C=O) groups excluding carboxylic acids is 1. The van der Waals surface area contributed by atoms with Gasteiger partial charge in [0.15, 0.2) is 5.69 Å². The Kier molecular flexibility index (Phi) is 4.78. The first-order valence-corrected chi connectivity index (χ1v) is 6.50. The lowest BCUT2D eigenvalue weighted by atomic mass is 10.1. The van der Waals surface area contributed by atoms with Crippen LogP contribution in [0.5, 0.6) is 0 Å². The molecule has 0 fully saturated rings. The molecule has 4 N–H and O–H groups in total. The van der Waals surface area contributed by atoms with Gasteiger partial charge in [0.2, 0.25) is 0 Å². The van der Waals surface area contributed by atoms with Crippen molar-refractivity contribution >= 4 is 17.7 Å². The van der Waals surface area contributed by atoms with Gasteiger partial charge in [0.1, 0.15) is 6.26 Å². The van der Waals surface area contributed by atoms with Crippen LogP contribution in [-0.4, -0.2) is 29.2 Å². The van der Waals surface area contributed by atoms with Crippen molar-refractivity contribution in [2.75, 3.05) is 24.2 Å². The average Bonchev–Trinajstić information content (AvgIpc) is 2.95. The maximum atomic E-state index is 11.4. The van der Waals surface area contributed by atoms with E-state index in [4.69, 9.17) is 14.9 Å². The van der Waals surface area contributed by atoms with Gasteiger partial charge in [-0.15, -0.1) is 0 Å². The number of aliphatic hydroxyl groups excluding tert-OH is 1. The van der Waals surface area contributed by atoms with Crippen molar-refractivity contribution in [2.24, 2.45) is 0 Å². The predicted molar refractivity (Wildman–Crippen MR) is 76.8 cm³/mol. The molecule has 0 aliphatic carbocycles. The predicted octanol–water partition coefficient (Wildman–Crippen LogP) is 1.58. The van der Waals surface area contributed by atoms with Crippen molar-refractivity contribution in [3.8, 4) is 0 Å². The van der Waals surface area contributed by atoms with Gasteiger partial charge in [-0.05, 0) is 24.6 Å². The van der Waals surface area contributed by atoms with E-state index in [1.165, 1.54) is 6.26 Å². The molecule has 7 heteroatoms. The number of anilines is 2. The monoisotopic (exact) mass is 291 g/mol. The second-order valence-electron chi connectivity index (χ2n) is 4.32. The molecule has 2 rings (SSSR count). The van der Waals surface area contributed by atoms with E-state index in [1.807, 2.05) is 0 Å². The van der Waals surface area contributed by atoms with E-state index in [1.54, 1.807) is 31.2 Å². The highest BCUT2D eigenvalue weighted by molar-refractivity contribution is 5.87. The minimum absolute atomic E-state index is 0.0846. The van der Waals surface area contributed by atoms with E-state index < -0.39 is 12.1 Å². The summed E-state index contributed by atoms with van der Waals surface area (Å²) in [6.45, 7) is 2.16. The molecular formula is C14H17N3O4. The molecule has 7 nitrogen and oxygen atoms in total. The Morgan fingerprint density at radius 3 is 2.86 bits per heavy atom. The van der Waals surface area contributed by atoms with Crippen molar-refractivity contribution in [2.45, 2.75) is 13.0 Å². The number of benzene rings is 1. The van der Waals surface area contributed by atoms with Gasteiger partial charge in [-0.2, -0.15) is 4.98 Å². The molecule has 0 spiro atoms. The van der Waals surface area contributed by atoms with Gasteiger partial charge in [0.05, 0.1) is 12.7 Å². The fraction of sp³-hybridized carbons (Fsp3) is 0.286. The van der Waals surface area contributed by atoms with E-state index in [2.05, 4.69) is 10.3 Å². The summed E-state index contributed by atoms with van der Waals surface area (Å²) in [6.07, 6.45) is 0.458. The van der Waals surface area contributed by atoms with Crippen molar-refractivity contribution < 1.29 is 19.1 Å². The largest absolute Gasteiger partial charge is 0.461 e. The third-order valence-corrected chi connectivity index (χ3v) is 2.76. The SMILES string of the molecule is CCOC(=O)c1coc(NCC(O)c2ccc(N)cc2)n1. The Labute approximate surface area is 121 Å². The van der Waals surface area contributed by atoms with Gasteiger partial charge in [-0.1, -0.05) is 12.1 Å². The zero-order chi connectivity index (χ0) is 15.2. The molecule has 112 valence electrons. The molecule has 1 heterocycles. The Morgan fingerprint density at radius 1 is 1.48 bits per heavy atom. The van der Waals surface area contributed by atoms with Crippen LogP contribution in [0.3, 0.4) is 0 Å². The summed E-state index contributed by atoms with van der Waals surface area (Å²) in [5, 5.41) is 12.8. The molecule has 0 radical (unpaired) electrons. The number of ether oxygens (including phenoxy) is 1. The Morgan fingerprint density at radius 2 is 2.19 bits per heavy atom. The minimum Gasteiger partial charge on any atom is -0.461 e. The van der Waals surface area contributed by atoms with Gasteiger partial charge >= 0.3 is 5.97 Å². The quantitative estimate of drug-likeness (QED) is 0.547. The zero-order valence-corrected chi connectivity index (χ0v) is 11.6. The summed E-state index contributed by atoms with van der Waals surface area (Å²) in [7, 11) is 0. The summed E-state index contributed by atoms with van der Waals surface area (Å²) < 4.78 is 9.88. The van der Waals surface area contributed by atoms with Crippen molar-refractivity contribution in [3.05, 3.63) is 41.8 Å². The first kappa shape index (κ1) is 14.9. The van der Waals surface area contributed by atoms with Crippen LogP contribution in [-0.2, 0) is 4.74 Å². The van der Waals surface area contributed by atoms with Crippen LogP contribution < -0.4 is 11.1 Å². The first-order chi connectivity index (χ1) is 10.1. The molecule has 0 saturated heterocycles. The topological polar surface area (TPSA) is 111 Å². The molecule has 0 aliphatic rings. The van der Waals surface area contributed by atoms with Crippen LogP contribution in [0.1, 0.15) is 29.1 Å². The molecule has 0 aliphatic heterocycles. The van der Waals surface area contributed by atoms with Crippen molar-refractivity contribution in [1.29, 1.82) is 0 Å². The number of nitrogens with two attached hydrogens (primary N) is 1. The molecular weight excluding hydrogens is 274 g/mol. The number of aromatic nitrogens is 1. The third kappa shape index (κ3) is 3.96. The number of esters is 1. The maximum Gasteiger partial charge on any atom is 0.360 e. The number of nitrogens with zero attached hydrogens (tertiary/aromatic N) is 1. The van der Waals surface area contributed by atoms with Gasteiger partial charge in [0, 0.05) is 12.2 Å². The number of rotatable bonds is 6. The highest BCUT2D eigenvalue weighted by Gasteiger charge is 2.14. The molecule has 1 aromatic heterocycles. The minimum atomic E-state index is -0.747. The molecule has 1 aromatic carbocycles. The fourth-order valence-corrected chi connectivity index (χ4v) is 1.67. The molecule has 0 bridgehead atoms. The maximum absolute atomic E-state index is 11.4. The second kappa shape index (κ2) is 6.76. The molecule has 0 amide bonds. The lowest BCUT2D eigenvalue weighted by molar-refractivity contribution is 0.0519. The lowest BCUT2D eigenvalue weighted by Gasteiger charge is -2.11. The summed E-state index contributed by atoms with van der Waals surface area (Å²) in [4.78, 5) is 15.3. The number of nitrogens with one attached hydrogen (secondary N) is 1. The van der Waals surface area contributed by atoms with Gasteiger partial charge in [0.25, 0.3) is 6.01 Å². The molecule has 2 aromatic rings. The summed E-state index contributed by atoms with van der Waals surface area (Å²) in [5.74, 6) is -0.548. The standard InChI is InChI=1S/C14H17N3O4/c1-2-20-13(19)11-8-21-14(17-11)16-7-12(18)9-3-5-10(15)6-4-9/h3-6,8,12,18H,2,7,15H2,1H3,(H,16,17). The van der Waals surface area contributed by atoms with Crippen LogP contribution in [0.4, 0.5) is 11.7 Å². The molecule has 0 saturated carbocycles. The number of carbonyl (C=O) groups is 1. The summed E-state index contributed by atoms with van der Waals surface area (Å²) in [5.41, 5.74) is 7.01. The second-order valence-corrected chi connectivity index (χ2v) is 4.32. The summed E-state index contributed by atoms with van der Waals surface area (Å²) in [6, 6.07) is 7.04. The highest BCUT2D eigenvalue weighted by Crippen LogP contribution is 2.16. The van der Waals surface area contributed by atoms with Gasteiger partial charge < -0.3 is 25.3 Å². The molecule has 1 unspecified atom stereocenters. The third-order valence-electron chi connectivity index (χ3n) is 2.76. The number of hydrogen-bond donors (Lipinski definition) is 3. The van der Waals surface area contributed by atoms with Gasteiger partial charge in [-0.3, -0.25) is 0 Å². The fourth-order valence-electron chi connectivity index (χ4n) is 1.67. The van der Waals surface area contributed by atoms with Crippen LogP contribution in [0.15, 0.2) is 34.9 Å². The van der Waals surface area contributed by atoms with Gasteiger partial charge in [-0.25, -0.2) is 4.79 Å². The Hall–Kier alpha value is -2.54. The number of hydrogen-bond acceptors (Lipinski definition) is 7. The highest BCUT2D eigenvalue weighted by atomic mass is 16.5. The molecule has 1 atom stereocenters. The smallest absolute Gasteiger partial charge is 0.360 e. The normalized spacial score (nSPS) is 11.9. The number of nitrogen functional groups attached to an aromatic ring is 1. The van der Waals surface area contributed by atoms with Crippen LogP contribution in [0, 0.1) is 0 Å². The van der Waals surface area contributed by atoms with E-state index in [0.717, 1.165) is 0 Å². The van der Waals surface area contributed by atoms with E-state index in [9.17, 15) is 9.90 Å². The zero-order valence-electron chi connectivity index (χ0n) is 11.6. The van der Waals surface area contributed by atoms with E-state index in [0.29, 0.717) is 11.3 Å². The average molecular weight is 291 g/mol. The van der Waals surface area contributed by atoms with E-state index in [-0.39, 0.29) is 24.9 Å². The Bertz CT molecular complexity index is 595. The van der Waals surface area contributed by atoms with Crippen molar-refractivity contribution in [1.82, 2.24) is 4.98 Å². The first-order valence-electron chi connectivity index (χ1n) is 6.50. The van der Waals surface area contributed by atoms with Crippen LogP contribution >= 0.6 is 0 Å². The van der Waals surface area contributed by atoms with Crippen molar-refractivity contribution in [3.63, 3.8) is 0 Å². The Balaban J connectivity index is 1.91. The number of aliphatic hydroxyl groups is 1. The lowest BCUT2D eigenvalue weighted by Crippen LogP contribution is -2.12. The van der Waals surface area contributed by atoms with E-state index >= 15 is 0 Å². The summed E-state index contributed by atoms with van der Waals surface area (Å²) >= 11 is 0.